The van der Waals surface area contributed by atoms with Crippen molar-refractivity contribution in [3.05, 3.63) is 41.3 Å². The lowest BCUT2D eigenvalue weighted by molar-refractivity contribution is -0.140. The highest BCUT2D eigenvalue weighted by atomic mass is 19.4. The van der Waals surface area contributed by atoms with Crippen LogP contribution in [0.4, 0.5) is 18.0 Å². The van der Waals surface area contributed by atoms with E-state index in [1.807, 2.05) is 5.10 Å². The van der Waals surface area contributed by atoms with Crippen molar-refractivity contribution in [2.24, 2.45) is 0 Å². The zero-order valence-corrected chi connectivity index (χ0v) is 15.7. The number of aromatic nitrogens is 5. The number of alkyl halides is 3. The van der Waals surface area contributed by atoms with Crippen LogP contribution in [0.2, 0.25) is 0 Å². The zero-order valence-electron chi connectivity index (χ0n) is 15.7. The summed E-state index contributed by atoms with van der Waals surface area (Å²) in [5.74, 6) is 0. The Morgan fingerprint density at radius 3 is 2.73 bits per heavy atom. The normalized spacial score (nSPS) is 14.3. The third-order valence-electron chi connectivity index (χ3n) is 5.38. The summed E-state index contributed by atoms with van der Waals surface area (Å²) in [7, 11) is 1.27. The van der Waals surface area contributed by atoms with Gasteiger partial charge in [0.2, 0.25) is 0 Å². The molecule has 4 aromatic rings. The van der Waals surface area contributed by atoms with Crippen LogP contribution in [0.1, 0.15) is 16.8 Å². The van der Waals surface area contributed by atoms with Crippen LogP contribution in [0.15, 0.2) is 24.5 Å². The number of H-pyrrole nitrogens is 2. The van der Waals surface area contributed by atoms with E-state index in [2.05, 4.69) is 20.3 Å². The molecule has 2 N–H and O–H groups in total. The molecule has 154 valence electrons. The first-order chi connectivity index (χ1) is 14.4. The zero-order chi connectivity index (χ0) is 21.0. The van der Waals surface area contributed by atoms with Crippen molar-refractivity contribution >= 4 is 27.9 Å². The standard InChI is InChI=1S/C19H15F3N6O2/c1-30-18(29)28-5-4-9-12(8-28)16(11-7-24-27-17(11)19(20,21)22)25-14-3-2-13-10(15(9)14)6-23-26-13/h2-3,6-7H,4-5,8H2,1H3,(H,23,26)(H,24,27). The minimum atomic E-state index is -4.62. The maximum atomic E-state index is 13.5. The molecule has 0 saturated heterocycles. The van der Waals surface area contributed by atoms with Gasteiger partial charge in [-0.1, -0.05) is 0 Å². The van der Waals surface area contributed by atoms with Gasteiger partial charge in [-0.05, 0) is 24.1 Å². The van der Waals surface area contributed by atoms with E-state index in [9.17, 15) is 18.0 Å². The molecule has 1 aliphatic heterocycles. The molecule has 1 amide bonds. The second kappa shape index (κ2) is 6.44. The second-order valence-electron chi connectivity index (χ2n) is 7.01. The molecular formula is C19H15F3N6O2. The summed E-state index contributed by atoms with van der Waals surface area (Å²) in [4.78, 5) is 18.1. The average molecular weight is 416 g/mol. The van der Waals surface area contributed by atoms with Crippen molar-refractivity contribution in [1.82, 2.24) is 30.3 Å². The second-order valence-corrected chi connectivity index (χ2v) is 7.01. The van der Waals surface area contributed by atoms with Gasteiger partial charge < -0.3 is 9.64 Å². The number of aromatic amines is 2. The van der Waals surface area contributed by atoms with Gasteiger partial charge >= 0.3 is 12.3 Å². The summed E-state index contributed by atoms with van der Waals surface area (Å²) >= 11 is 0. The molecule has 0 atom stereocenters. The Morgan fingerprint density at radius 2 is 1.97 bits per heavy atom. The Hall–Kier alpha value is -3.63. The molecule has 1 aromatic carbocycles. The number of halogens is 3. The van der Waals surface area contributed by atoms with E-state index in [0.29, 0.717) is 24.0 Å². The monoisotopic (exact) mass is 416 g/mol. The number of carbonyl (C=O) groups excluding carboxylic acids is 1. The number of hydrogen-bond acceptors (Lipinski definition) is 5. The van der Waals surface area contributed by atoms with Crippen LogP contribution in [0.25, 0.3) is 33.1 Å². The van der Waals surface area contributed by atoms with Crippen molar-refractivity contribution in [3.63, 3.8) is 0 Å². The lowest BCUT2D eigenvalue weighted by Crippen LogP contribution is -2.36. The number of nitrogens with zero attached hydrogens (tertiary/aromatic N) is 4. The SMILES string of the molecule is COC(=O)N1CCc2c(c(-c3cn[nH]c3C(F)(F)F)nc3ccc4[nH]ncc4c23)C1. The van der Waals surface area contributed by atoms with Crippen LogP contribution in [0.5, 0.6) is 0 Å². The quantitative estimate of drug-likeness (QED) is 0.494. The minimum absolute atomic E-state index is 0.0804. The fourth-order valence-corrected chi connectivity index (χ4v) is 4.05. The van der Waals surface area contributed by atoms with Gasteiger partial charge in [0.05, 0.1) is 48.3 Å². The van der Waals surface area contributed by atoms with Crippen LogP contribution < -0.4 is 0 Å². The molecule has 0 spiro atoms. The first-order valence-corrected chi connectivity index (χ1v) is 9.10. The smallest absolute Gasteiger partial charge is 0.433 e. The number of pyridine rings is 1. The number of rotatable bonds is 1. The van der Waals surface area contributed by atoms with Crippen molar-refractivity contribution in [2.45, 2.75) is 19.1 Å². The summed E-state index contributed by atoms with van der Waals surface area (Å²) in [6.45, 7) is 0.459. The van der Waals surface area contributed by atoms with Gasteiger partial charge in [-0.2, -0.15) is 23.4 Å². The van der Waals surface area contributed by atoms with Crippen molar-refractivity contribution in [3.8, 4) is 11.3 Å². The molecule has 5 rings (SSSR count). The molecule has 0 bridgehead atoms. The topological polar surface area (TPSA) is 99.8 Å². The van der Waals surface area contributed by atoms with E-state index >= 15 is 0 Å². The summed E-state index contributed by atoms with van der Waals surface area (Å²) in [5.41, 5.74) is 1.76. The van der Waals surface area contributed by atoms with Crippen LogP contribution in [0, 0.1) is 0 Å². The van der Waals surface area contributed by atoms with Crippen molar-refractivity contribution in [2.75, 3.05) is 13.7 Å². The number of amides is 1. The summed E-state index contributed by atoms with van der Waals surface area (Å²) in [6.07, 6.45) is -1.94. The van der Waals surface area contributed by atoms with Crippen LogP contribution in [-0.2, 0) is 23.9 Å². The van der Waals surface area contributed by atoms with Gasteiger partial charge in [0, 0.05) is 22.9 Å². The summed E-state index contributed by atoms with van der Waals surface area (Å²) in [6, 6.07) is 3.54. The summed E-state index contributed by atoms with van der Waals surface area (Å²) in [5, 5.41) is 14.3. The first-order valence-electron chi connectivity index (χ1n) is 9.10. The molecular weight excluding hydrogens is 401 g/mol. The average Bonchev–Trinajstić information content (AvgIpc) is 3.40. The Bertz CT molecular complexity index is 1290. The van der Waals surface area contributed by atoms with Gasteiger partial charge in [0.25, 0.3) is 0 Å². The lowest BCUT2D eigenvalue weighted by atomic mass is 9.90. The number of ether oxygens (including phenoxy) is 1. The minimum Gasteiger partial charge on any atom is -0.453 e. The molecule has 8 nitrogen and oxygen atoms in total. The van der Waals surface area contributed by atoms with Crippen molar-refractivity contribution in [1.29, 1.82) is 0 Å². The highest BCUT2D eigenvalue weighted by molar-refractivity contribution is 6.07. The van der Waals surface area contributed by atoms with Gasteiger partial charge in [-0.15, -0.1) is 0 Å². The maximum absolute atomic E-state index is 13.5. The highest BCUT2D eigenvalue weighted by Gasteiger charge is 2.38. The third kappa shape index (κ3) is 2.69. The molecule has 0 aliphatic carbocycles. The molecule has 0 unspecified atom stereocenters. The Morgan fingerprint density at radius 1 is 1.17 bits per heavy atom. The third-order valence-corrected chi connectivity index (χ3v) is 5.38. The van der Waals surface area contributed by atoms with E-state index in [-0.39, 0.29) is 17.8 Å². The summed E-state index contributed by atoms with van der Waals surface area (Å²) < 4.78 is 45.4. The fraction of sp³-hybridized carbons (Fsp3) is 0.263. The Balaban J connectivity index is 1.82. The number of hydrogen-bond donors (Lipinski definition) is 2. The highest BCUT2D eigenvalue weighted by Crippen LogP contribution is 2.41. The van der Waals surface area contributed by atoms with Crippen LogP contribution in [-0.4, -0.2) is 50.0 Å². The number of fused-ring (bicyclic) bond motifs is 5. The van der Waals surface area contributed by atoms with Gasteiger partial charge in [0.1, 0.15) is 5.69 Å². The predicted octanol–water partition coefficient (Wildman–Crippen LogP) is 3.64. The molecule has 30 heavy (non-hydrogen) atoms. The molecule has 4 heterocycles. The molecule has 0 saturated carbocycles. The number of benzene rings is 1. The largest absolute Gasteiger partial charge is 0.453 e. The van der Waals surface area contributed by atoms with Crippen LogP contribution in [0.3, 0.4) is 0 Å². The molecule has 0 radical (unpaired) electrons. The van der Waals surface area contributed by atoms with Crippen molar-refractivity contribution < 1.29 is 22.7 Å². The van der Waals surface area contributed by atoms with E-state index in [4.69, 9.17) is 4.74 Å². The predicted molar refractivity (Wildman–Crippen MR) is 100 cm³/mol. The first kappa shape index (κ1) is 18.4. The lowest BCUT2D eigenvalue weighted by Gasteiger charge is -2.30. The molecule has 0 fully saturated rings. The van der Waals surface area contributed by atoms with Gasteiger partial charge in [0.15, 0.2) is 0 Å². The number of nitrogens with one attached hydrogen (secondary N) is 2. The van der Waals surface area contributed by atoms with E-state index in [1.165, 1.54) is 12.0 Å². The number of carbonyl (C=O) groups is 1. The van der Waals surface area contributed by atoms with Gasteiger partial charge in [-0.3, -0.25) is 10.2 Å². The fourth-order valence-electron chi connectivity index (χ4n) is 4.05. The Kier molecular flexibility index (Phi) is 3.95. The van der Waals surface area contributed by atoms with Gasteiger partial charge in [-0.25, -0.2) is 9.78 Å². The van der Waals surface area contributed by atoms with E-state index < -0.39 is 18.0 Å². The van der Waals surface area contributed by atoms with E-state index in [0.717, 1.165) is 28.0 Å². The van der Waals surface area contributed by atoms with Crippen LogP contribution >= 0.6 is 0 Å². The Labute approximate surface area is 167 Å². The molecule has 11 heteroatoms. The molecule has 3 aromatic heterocycles. The number of methoxy groups -OCH3 is 1. The molecule has 1 aliphatic rings. The van der Waals surface area contributed by atoms with E-state index in [1.54, 1.807) is 18.3 Å². The maximum Gasteiger partial charge on any atom is 0.433 e.